The number of likely N-dealkylation sites (tertiary alicyclic amines) is 1. The van der Waals surface area contributed by atoms with Gasteiger partial charge in [-0.1, -0.05) is 24.3 Å². The second-order valence-corrected chi connectivity index (χ2v) is 17.5. The van der Waals surface area contributed by atoms with Crippen LogP contribution in [0.3, 0.4) is 0 Å². The second kappa shape index (κ2) is 17.1. The van der Waals surface area contributed by atoms with Gasteiger partial charge in [0.25, 0.3) is 5.91 Å². The third kappa shape index (κ3) is 9.05. The minimum Gasteiger partial charge on any atom is -0.494 e. The first-order valence-electron chi connectivity index (χ1n) is 19.8. The zero-order chi connectivity index (χ0) is 41.1. The van der Waals surface area contributed by atoms with E-state index in [4.69, 9.17) is 14.7 Å². The van der Waals surface area contributed by atoms with Gasteiger partial charge in [0, 0.05) is 61.2 Å². The van der Waals surface area contributed by atoms with E-state index < -0.39 is 33.1 Å². The zero-order valence-corrected chi connectivity index (χ0v) is 33.8. The van der Waals surface area contributed by atoms with Crippen LogP contribution in [0.2, 0.25) is 0 Å². The monoisotopic (exact) mass is 820 g/mol. The Bertz CT molecular complexity index is 2570. The van der Waals surface area contributed by atoms with Gasteiger partial charge in [-0.05, 0) is 105 Å². The number of anilines is 4. The summed E-state index contributed by atoms with van der Waals surface area (Å²) in [7, 11) is -1.31. The standard InChI is InChI=1S/C44H46F2N8O4S/c1-58-38-28-33(53-23-17-30(18-24-53)29-15-21-52(22-16-29)25-26-59(2,56)57)12-13-36(38)48-44-47-19-14-37(49-44)42-40(50-39-11-3-4-20-54(39)42)31-7-5-8-32(27-31)43(55)51-41-34(45)9-6-10-35(41)46/h3-14,19-20,27-30H,15-18,21-26H2,1-2H3,(H,51,55)(H,47,48,49). The molecule has 0 saturated carbocycles. The van der Waals surface area contributed by atoms with Gasteiger partial charge in [-0.15, -0.1) is 0 Å². The highest BCUT2D eigenvalue weighted by Crippen LogP contribution is 2.38. The lowest BCUT2D eigenvalue weighted by molar-refractivity contribution is 0.102. The Balaban J connectivity index is 0.972. The number of nitrogens with zero attached hydrogens (tertiary/aromatic N) is 6. The molecule has 0 bridgehead atoms. The van der Waals surface area contributed by atoms with Crippen molar-refractivity contribution in [1.29, 1.82) is 0 Å². The van der Waals surface area contributed by atoms with Crippen molar-refractivity contribution in [2.45, 2.75) is 25.7 Å². The average molecular weight is 821 g/mol. The van der Waals surface area contributed by atoms with Gasteiger partial charge in [-0.25, -0.2) is 32.2 Å². The van der Waals surface area contributed by atoms with Crippen molar-refractivity contribution in [3.05, 3.63) is 115 Å². The number of rotatable bonds is 12. The summed E-state index contributed by atoms with van der Waals surface area (Å²) in [5.74, 6) is 0.159. The first kappa shape index (κ1) is 39.9. The molecule has 0 spiro atoms. The van der Waals surface area contributed by atoms with E-state index in [0.29, 0.717) is 64.1 Å². The van der Waals surface area contributed by atoms with E-state index in [-0.39, 0.29) is 11.3 Å². The van der Waals surface area contributed by atoms with E-state index in [1.165, 1.54) is 12.3 Å². The van der Waals surface area contributed by atoms with Crippen LogP contribution in [0.5, 0.6) is 5.75 Å². The van der Waals surface area contributed by atoms with Crippen LogP contribution in [0, 0.1) is 23.5 Å². The Morgan fingerprint density at radius 3 is 2.32 bits per heavy atom. The normalized spacial score (nSPS) is 15.7. The quantitative estimate of drug-likeness (QED) is 0.127. The van der Waals surface area contributed by atoms with Crippen molar-refractivity contribution in [2.24, 2.45) is 11.8 Å². The predicted molar refractivity (Wildman–Crippen MR) is 226 cm³/mol. The summed E-state index contributed by atoms with van der Waals surface area (Å²) in [6.07, 6.45) is 9.33. The largest absolute Gasteiger partial charge is 0.494 e. The molecule has 2 fully saturated rings. The fraction of sp³-hybridized carbons (Fsp3) is 0.318. The van der Waals surface area contributed by atoms with E-state index in [9.17, 15) is 22.0 Å². The number of para-hydroxylation sites is 1. The third-order valence-corrected chi connectivity index (χ3v) is 12.4. The van der Waals surface area contributed by atoms with Crippen LogP contribution in [0.25, 0.3) is 28.3 Å². The summed E-state index contributed by atoms with van der Waals surface area (Å²) < 4.78 is 59.7. The van der Waals surface area contributed by atoms with Gasteiger partial charge in [0.1, 0.15) is 38.6 Å². The Morgan fingerprint density at radius 2 is 1.59 bits per heavy atom. The van der Waals surface area contributed by atoms with Gasteiger partial charge in [-0.2, -0.15) is 0 Å². The number of ether oxygens (including phenoxy) is 1. The number of hydrogen-bond donors (Lipinski definition) is 2. The van der Waals surface area contributed by atoms with Gasteiger partial charge in [0.2, 0.25) is 5.95 Å². The lowest BCUT2D eigenvalue weighted by atomic mass is 9.78. The smallest absolute Gasteiger partial charge is 0.255 e. The highest BCUT2D eigenvalue weighted by molar-refractivity contribution is 7.90. The third-order valence-electron chi connectivity index (χ3n) is 11.4. The lowest BCUT2D eigenvalue weighted by Gasteiger charge is -2.41. The van der Waals surface area contributed by atoms with Crippen LogP contribution in [-0.2, 0) is 9.84 Å². The second-order valence-electron chi connectivity index (χ2n) is 15.3. The number of sulfone groups is 1. The number of benzene rings is 3. The molecule has 2 aliphatic rings. The number of carbonyl (C=O) groups excluding carboxylic acids is 1. The number of aromatic nitrogens is 4. The van der Waals surface area contributed by atoms with Crippen LogP contribution in [0.15, 0.2) is 97.3 Å². The maximum atomic E-state index is 14.3. The molecule has 2 aliphatic heterocycles. The fourth-order valence-electron chi connectivity index (χ4n) is 8.28. The summed E-state index contributed by atoms with van der Waals surface area (Å²) in [6, 6.07) is 23.6. The SMILES string of the molecule is COc1cc(N2CCC(C3CCN(CCS(C)(=O)=O)CC3)CC2)ccc1Nc1nccc(-c2c(-c3cccc(C(=O)Nc4c(F)cccc4F)c3)nc3ccccn23)n1. The molecule has 5 heterocycles. The van der Waals surface area contributed by atoms with Gasteiger partial charge < -0.3 is 25.2 Å². The molecule has 3 aromatic heterocycles. The van der Waals surface area contributed by atoms with E-state index in [0.717, 1.165) is 69.7 Å². The lowest BCUT2D eigenvalue weighted by Crippen LogP contribution is -2.42. The molecular weight excluding hydrogens is 775 g/mol. The van der Waals surface area contributed by atoms with Crippen molar-refractivity contribution in [2.75, 3.05) is 67.4 Å². The summed E-state index contributed by atoms with van der Waals surface area (Å²) in [5.41, 5.74) is 4.50. The Hall–Kier alpha value is -5.93. The number of piperidine rings is 2. The van der Waals surface area contributed by atoms with E-state index >= 15 is 0 Å². The van der Waals surface area contributed by atoms with Crippen LogP contribution in [0.4, 0.5) is 31.8 Å². The van der Waals surface area contributed by atoms with Gasteiger partial charge in [-0.3, -0.25) is 9.20 Å². The van der Waals surface area contributed by atoms with Crippen LogP contribution < -0.4 is 20.3 Å². The van der Waals surface area contributed by atoms with Gasteiger partial charge in [0.15, 0.2) is 0 Å². The van der Waals surface area contributed by atoms with Crippen LogP contribution in [0.1, 0.15) is 36.0 Å². The van der Waals surface area contributed by atoms with Crippen molar-refractivity contribution < 1.29 is 26.7 Å². The molecule has 8 rings (SSSR count). The highest BCUT2D eigenvalue weighted by Gasteiger charge is 2.30. The maximum absolute atomic E-state index is 14.3. The molecule has 3 aromatic carbocycles. The molecule has 2 N–H and O–H groups in total. The first-order chi connectivity index (χ1) is 28.5. The molecule has 15 heteroatoms. The van der Waals surface area contributed by atoms with Crippen molar-refractivity contribution in [3.8, 4) is 28.4 Å². The molecule has 0 radical (unpaired) electrons. The number of fused-ring (bicyclic) bond motifs is 1. The van der Waals surface area contributed by atoms with Crippen LogP contribution >= 0.6 is 0 Å². The summed E-state index contributed by atoms with van der Waals surface area (Å²) >= 11 is 0. The number of amides is 1. The number of pyridine rings is 1. The minimum atomic E-state index is -2.95. The fourth-order valence-corrected chi connectivity index (χ4v) is 8.87. The Labute approximate surface area is 342 Å². The molecule has 0 aliphatic carbocycles. The molecule has 59 heavy (non-hydrogen) atoms. The predicted octanol–water partition coefficient (Wildman–Crippen LogP) is 7.71. The number of carbonyl (C=O) groups is 1. The van der Waals surface area contributed by atoms with E-state index in [2.05, 4.69) is 31.5 Å². The number of halogens is 2. The number of hydrogen-bond acceptors (Lipinski definition) is 10. The number of nitrogens with one attached hydrogen (secondary N) is 2. The molecule has 0 unspecified atom stereocenters. The summed E-state index contributed by atoms with van der Waals surface area (Å²) in [4.78, 5) is 32.2. The maximum Gasteiger partial charge on any atom is 0.255 e. The molecule has 12 nitrogen and oxygen atoms in total. The Morgan fingerprint density at radius 1 is 0.864 bits per heavy atom. The van der Waals surface area contributed by atoms with Gasteiger partial charge >= 0.3 is 0 Å². The van der Waals surface area contributed by atoms with E-state index in [1.54, 1.807) is 37.6 Å². The number of methoxy groups -OCH3 is 1. The molecule has 6 aromatic rings. The molecule has 0 atom stereocenters. The summed E-state index contributed by atoms with van der Waals surface area (Å²) in [5, 5.41) is 5.70. The molecule has 2 saturated heterocycles. The first-order valence-corrected chi connectivity index (χ1v) is 21.9. The van der Waals surface area contributed by atoms with Crippen LogP contribution in [-0.4, -0.2) is 90.4 Å². The van der Waals surface area contributed by atoms with Crippen molar-refractivity contribution >= 4 is 44.4 Å². The molecule has 306 valence electrons. The zero-order valence-electron chi connectivity index (χ0n) is 32.9. The highest BCUT2D eigenvalue weighted by atomic mass is 32.2. The topological polar surface area (TPSA) is 134 Å². The average Bonchev–Trinajstić information content (AvgIpc) is 3.64. The minimum absolute atomic E-state index is 0.194. The molecular formula is C44H46F2N8O4S. The Kier molecular flexibility index (Phi) is 11.6. The van der Waals surface area contributed by atoms with Crippen molar-refractivity contribution in [1.82, 2.24) is 24.3 Å². The molecule has 1 amide bonds. The van der Waals surface area contributed by atoms with Gasteiger partial charge in [0.05, 0.1) is 35.6 Å². The van der Waals surface area contributed by atoms with E-state index in [1.807, 2.05) is 47.0 Å². The van der Waals surface area contributed by atoms with Crippen molar-refractivity contribution in [3.63, 3.8) is 0 Å². The number of imidazole rings is 1. The summed E-state index contributed by atoms with van der Waals surface area (Å²) in [6.45, 7) is 4.48.